The molecule has 0 aromatic carbocycles. The molecule has 0 bridgehead atoms. The van der Waals surface area contributed by atoms with Gasteiger partial charge in [-0.05, 0) is 18.4 Å². The fourth-order valence-electron chi connectivity index (χ4n) is 0.165. The zero-order valence-corrected chi connectivity index (χ0v) is 5.01. The van der Waals surface area contributed by atoms with Crippen molar-refractivity contribution < 1.29 is 0 Å². The molecular weight excluding hydrogens is 108 g/mol. The first-order valence-corrected chi connectivity index (χ1v) is 2.31. The fourth-order valence-corrected chi connectivity index (χ4v) is 0.248. The summed E-state index contributed by atoms with van der Waals surface area (Å²) in [7, 11) is 1.75. The summed E-state index contributed by atoms with van der Waals surface area (Å²) in [6.45, 7) is 3.41. The van der Waals surface area contributed by atoms with Crippen molar-refractivity contribution in [3.8, 4) is 0 Å². The summed E-state index contributed by atoms with van der Waals surface area (Å²) < 4.78 is 0. The molecule has 0 fully saturated rings. The van der Waals surface area contributed by atoms with Crippen molar-refractivity contribution in [1.29, 1.82) is 0 Å². The summed E-state index contributed by atoms with van der Waals surface area (Å²) in [4.78, 5) is 0. The van der Waals surface area contributed by atoms with Crippen LogP contribution in [0, 0.1) is 0 Å². The number of hydrogen-bond acceptors (Lipinski definition) is 1. The molecule has 0 atom stereocenters. The molecule has 0 spiro atoms. The minimum absolute atomic E-state index is 0.593. The Labute approximate surface area is 48.6 Å². The van der Waals surface area contributed by atoms with Gasteiger partial charge in [0.2, 0.25) is 0 Å². The van der Waals surface area contributed by atoms with Crippen molar-refractivity contribution in [3.05, 3.63) is 12.8 Å². The van der Waals surface area contributed by atoms with Crippen LogP contribution in [0.2, 0.25) is 0 Å². The van der Waals surface area contributed by atoms with Gasteiger partial charge in [0.25, 0.3) is 0 Å². The molecule has 2 N–H and O–H groups in total. The van der Waals surface area contributed by atoms with E-state index in [1.165, 1.54) is 6.20 Å². The molecule has 0 aliphatic heterocycles. The Balaban J connectivity index is 3.17. The SMILES string of the molecule is C=CNC(=S)NC. The normalized spacial score (nSPS) is 7.00. The minimum Gasteiger partial charge on any atom is -0.366 e. The molecule has 0 aromatic heterocycles. The highest BCUT2D eigenvalue weighted by atomic mass is 32.1. The van der Waals surface area contributed by atoms with E-state index in [1.54, 1.807) is 7.05 Å². The van der Waals surface area contributed by atoms with Gasteiger partial charge in [-0.3, -0.25) is 0 Å². The Morgan fingerprint density at radius 3 is 2.57 bits per heavy atom. The molecule has 0 radical (unpaired) electrons. The van der Waals surface area contributed by atoms with Crippen molar-refractivity contribution in [3.63, 3.8) is 0 Å². The molecule has 7 heavy (non-hydrogen) atoms. The van der Waals surface area contributed by atoms with E-state index in [1.807, 2.05) is 0 Å². The zero-order valence-electron chi connectivity index (χ0n) is 4.19. The first kappa shape index (κ1) is 6.43. The molecule has 0 heterocycles. The maximum absolute atomic E-state index is 4.66. The summed E-state index contributed by atoms with van der Waals surface area (Å²) >= 11 is 4.66. The highest BCUT2D eigenvalue weighted by Crippen LogP contribution is 1.58. The average Bonchev–Trinajstić information content (AvgIpc) is 1.68. The maximum Gasteiger partial charge on any atom is 0.170 e. The van der Waals surface area contributed by atoms with Gasteiger partial charge in [0.1, 0.15) is 0 Å². The third kappa shape index (κ3) is 3.26. The highest BCUT2D eigenvalue weighted by molar-refractivity contribution is 7.80. The Kier molecular flexibility index (Phi) is 3.32. The summed E-state index contributed by atoms with van der Waals surface area (Å²) in [6.07, 6.45) is 1.53. The van der Waals surface area contributed by atoms with E-state index in [2.05, 4.69) is 29.4 Å². The molecule has 3 heteroatoms. The number of nitrogens with one attached hydrogen (secondary N) is 2. The van der Waals surface area contributed by atoms with Gasteiger partial charge in [-0.2, -0.15) is 0 Å². The van der Waals surface area contributed by atoms with Crippen molar-refractivity contribution in [1.82, 2.24) is 10.6 Å². The van der Waals surface area contributed by atoms with E-state index in [0.29, 0.717) is 5.11 Å². The van der Waals surface area contributed by atoms with E-state index in [4.69, 9.17) is 0 Å². The standard InChI is InChI=1S/C4H8N2S/c1-3-6-4(7)5-2/h3H,1H2,2H3,(H2,5,6,7). The van der Waals surface area contributed by atoms with Crippen LogP contribution in [0.4, 0.5) is 0 Å². The van der Waals surface area contributed by atoms with E-state index < -0.39 is 0 Å². The third-order valence-corrected chi connectivity index (χ3v) is 0.782. The van der Waals surface area contributed by atoms with Crippen LogP contribution in [-0.4, -0.2) is 12.2 Å². The van der Waals surface area contributed by atoms with Gasteiger partial charge in [-0.25, -0.2) is 0 Å². The molecule has 0 aliphatic rings. The minimum atomic E-state index is 0.593. The third-order valence-electron chi connectivity index (χ3n) is 0.460. The molecule has 0 saturated heterocycles. The molecule has 0 aliphatic carbocycles. The van der Waals surface area contributed by atoms with E-state index in [0.717, 1.165) is 0 Å². The largest absolute Gasteiger partial charge is 0.366 e. The second-order valence-electron chi connectivity index (χ2n) is 0.928. The van der Waals surface area contributed by atoms with E-state index in [9.17, 15) is 0 Å². The van der Waals surface area contributed by atoms with E-state index in [-0.39, 0.29) is 0 Å². The number of hydrogen-bond donors (Lipinski definition) is 2. The molecule has 0 unspecified atom stereocenters. The second-order valence-corrected chi connectivity index (χ2v) is 1.34. The first-order chi connectivity index (χ1) is 3.31. The molecule has 2 nitrogen and oxygen atoms in total. The predicted octanol–water partition coefficient (Wildman–Crippen LogP) is 0.224. The molecule has 0 amide bonds. The molecule has 0 saturated carbocycles. The average molecular weight is 116 g/mol. The smallest absolute Gasteiger partial charge is 0.170 e. The van der Waals surface area contributed by atoms with Crippen molar-refractivity contribution in [2.24, 2.45) is 0 Å². The van der Waals surface area contributed by atoms with Gasteiger partial charge in [0.15, 0.2) is 5.11 Å². The van der Waals surface area contributed by atoms with Crippen LogP contribution >= 0.6 is 12.2 Å². The molecule has 0 rings (SSSR count). The number of thiocarbonyl (C=S) groups is 1. The van der Waals surface area contributed by atoms with Crippen molar-refractivity contribution in [2.45, 2.75) is 0 Å². The van der Waals surface area contributed by atoms with Gasteiger partial charge in [0.05, 0.1) is 0 Å². The molecule has 0 aromatic rings. The lowest BCUT2D eigenvalue weighted by atomic mass is 10.9. The van der Waals surface area contributed by atoms with Crippen LogP contribution < -0.4 is 10.6 Å². The summed E-state index contributed by atoms with van der Waals surface area (Å²) in [5.41, 5.74) is 0. The Hall–Kier alpha value is -0.570. The van der Waals surface area contributed by atoms with Gasteiger partial charge in [-0.15, -0.1) is 0 Å². The summed E-state index contributed by atoms with van der Waals surface area (Å²) in [6, 6.07) is 0. The predicted molar refractivity (Wildman–Crippen MR) is 35.0 cm³/mol. The maximum atomic E-state index is 4.66. The van der Waals surface area contributed by atoms with Crippen molar-refractivity contribution >= 4 is 17.3 Å². The Bertz CT molecular complexity index is 79.8. The van der Waals surface area contributed by atoms with Crippen molar-refractivity contribution in [2.75, 3.05) is 7.05 Å². The summed E-state index contributed by atoms with van der Waals surface area (Å²) in [5.74, 6) is 0. The monoisotopic (exact) mass is 116 g/mol. The fraction of sp³-hybridized carbons (Fsp3) is 0.250. The quantitative estimate of drug-likeness (QED) is 0.479. The van der Waals surface area contributed by atoms with Gasteiger partial charge in [0, 0.05) is 7.05 Å². The zero-order chi connectivity index (χ0) is 5.70. The second kappa shape index (κ2) is 3.61. The van der Waals surface area contributed by atoms with Gasteiger partial charge < -0.3 is 10.6 Å². The first-order valence-electron chi connectivity index (χ1n) is 1.90. The van der Waals surface area contributed by atoms with Crippen LogP contribution in [0.3, 0.4) is 0 Å². The van der Waals surface area contributed by atoms with Crippen LogP contribution in [0.1, 0.15) is 0 Å². The van der Waals surface area contributed by atoms with Crippen LogP contribution in [-0.2, 0) is 0 Å². The molecule has 40 valence electrons. The van der Waals surface area contributed by atoms with Crippen LogP contribution in [0.5, 0.6) is 0 Å². The number of rotatable bonds is 1. The van der Waals surface area contributed by atoms with Crippen LogP contribution in [0.15, 0.2) is 12.8 Å². The van der Waals surface area contributed by atoms with E-state index >= 15 is 0 Å². The lowest BCUT2D eigenvalue weighted by molar-refractivity contribution is 1.11. The van der Waals surface area contributed by atoms with Gasteiger partial charge in [-0.1, -0.05) is 6.58 Å². The lowest BCUT2D eigenvalue weighted by Gasteiger charge is -1.97. The van der Waals surface area contributed by atoms with Gasteiger partial charge >= 0.3 is 0 Å². The Morgan fingerprint density at radius 1 is 1.86 bits per heavy atom. The molecular formula is C4H8N2S. The van der Waals surface area contributed by atoms with Crippen LogP contribution in [0.25, 0.3) is 0 Å². The Morgan fingerprint density at radius 2 is 2.43 bits per heavy atom. The highest BCUT2D eigenvalue weighted by Gasteiger charge is 1.77. The summed E-state index contributed by atoms with van der Waals surface area (Å²) in [5, 5.41) is 5.99. The lowest BCUT2D eigenvalue weighted by Crippen LogP contribution is -2.27. The topological polar surface area (TPSA) is 24.1 Å².